The molecule has 0 aliphatic carbocycles. The first-order valence-electron chi connectivity index (χ1n) is 14.9. The van der Waals surface area contributed by atoms with Gasteiger partial charge in [0.1, 0.15) is 0 Å². The highest BCUT2D eigenvalue weighted by Gasteiger charge is 2.90. The number of halogens is 13. The third-order valence-electron chi connectivity index (χ3n) is 6.92. The zero-order valence-corrected chi connectivity index (χ0v) is 25.9. The molecule has 5 nitrogen and oxygen atoms in total. The van der Waals surface area contributed by atoms with Gasteiger partial charge in [-0.05, 0) is 33.5 Å². The Morgan fingerprint density at radius 3 is 1.30 bits per heavy atom. The Morgan fingerprint density at radius 2 is 0.913 bits per heavy atom. The maximum absolute atomic E-state index is 14.5. The van der Waals surface area contributed by atoms with E-state index in [0.717, 1.165) is 51.4 Å². The highest BCUT2D eigenvalue weighted by atomic mass is 19.4. The van der Waals surface area contributed by atoms with Crippen molar-refractivity contribution in [3.8, 4) is 0 Å². The molecule has 0 aromatic carbocycles. The van der Waals surface area contributed by atoms with Crippen LogP contribution in [0.5, 0.6) is 0 Å². The van der Waals surface area contributed by atoms with Gasteiger partial charge in [0.15, 0.2) is 0 Å². The van der Waals surface area contributed by atoms with E-state index in [9.17, 15) is 66.7 Å². The van der Waals surface area contributed by atoms with Crippen LogP contribution in [0, 0.1) is 0 Å². The number of unbranched alkanes of at least 4 members (excludes halogenated alkanes) is 10. The summed E-state index contributed by atoms with van der Waals surface area (Å²) in [5, 5.41) is 0. The molecule has 0 saturated heterocycles. The molecule has 0 radical (unpaired) electrons. The van der Waals surface area contributed by atoms with Gasteiger partial charge in [0.2, 0.25) is 0 Å². The molecule has 0 bridgehead atoms. The molecule has 0 aromatic heterocycles. The van der Waals surface area contributed by atoms with Crippen LogP contribution in [-0.4, -0.2) is 79.6 Å². The number of hydrogen-bond donors (Lipinski definition) is 0. The SMILES string of the molecule is CCCCCCCCCCCCCC(=O)OC(CC(F)(F)C(F)(F)C(F)(F)C(F)(F)C(F)(F)C(F)(F)F)OC(=O)CCCN(C)C. The van der Waals surface area contributed by atoms with Crippen LogP contribution >= 0.6 is 0 Å². The van der Waals surface area contributed by atoms with Gasteiger partial charge in [-0.3, -0.25) is 9.59 Å². The van der Waals surface area contributed by atoms with E-state index in [1.807, 2.05) is 0 Å². The number of hydrogen-bond acceptors (Lipinski definition) is 5. The van der Waals surface area contributed by atoms with E-state index < -0.39 is 73.3 Å². The largest absolute Gasteiger partial charge is 0.460 e. The number of alkyl halides is 13. The molecule has 0 N–H and O–H groups in total. The Labute approximate surface area is 259 Å². The van der Waals surface area contributed by atoms with Crippen molar-refractivity contribution < 1.29 is 76.1 Å². The van der Waals surface area contributed by atoms with E-state index in [4.69, 9.17) is 0 Å². The first kappa shape index (κ1) is 44.0. The summed E-state index contributed by atoms with van der Waals surface area (Å²) in [5.41, 5.74) is 0. The van der Waals surface area contributed by atoms with Crippen LogP contribution in [0.2, 0.25) is 0 Å². The van der Waals surface area contributed by atoms with Crippen LogP contribution in [0.1, 0.15) is 103 Å². The molecule has 0 saturated carbocycles. The molecule has 0 fully saturated rings. The second kappa shape index (κ2) is 18.5. The lowest BCUT2D eigenvalue weighted by molar-refractivity contribution is -0.441. The lowest BCUT2D eigenvalue weighted by atomic mass is 9.92. The fourth-order valence-corrected chi connectivity index (χ4v) is 4.13. The number of nitrogens with zero attached hydrogens (tertiary/aromatic N) is 1. The van der Waals surface area contributed by atoms with Crippen molar-refractivity contribution in [2.24, 2.45) is 0 Å². The van der Waals surface area contributed by atoms with E-state index in [-0.39, 0.29) is 19.4 Å². The molecule has 0 rings (SSSR count). The second-order valence-corrected chi connectivity index (χ2v) is 11.3. The Kier molecular flexibility index (Phi) is 17.7. The quantitative estimate of drug-likeness (QED) is 0.0434. The van der Waals surface area contributed by atoms with Crippen LogP contribution < -0.4 is 0 Å². The van der Waals surface area contributed by atoms with Gasteiger partial charge in [-0.15, -0.1) is 0 Å². The van der Waals surface area contributed by atoms with Crippen LogP contribution in [0.25, 0.3) is 0 Å². The van der Waals surface area contributed by atoms with E-state index >= 15 is 0 Å². The molecule has 0 aromatic rings. The first-order chi connectivity index (χ1) is 20.9. The first-order valence-corrected chi connectivity index (χ1v) is 14.9. The van der Waals surface area contributed by atoms with Gasteiger partial charge < -0.3 is 14.4 Å². The summed E-state index contributed by atoms with van der Waals surface area (Å²) >= 11 is 0. The van der Waals surface area contributed by atoms with Gasteiger partial charge in [-0.2, -0.15) is 57.1 Å². The highest BCUT2D eigenvalue weighted by Crippen LogP contribution is 2.60. The number of ether oxygens (including phenoxy) is 2. The number of carbonyl (C=O) groups excluding carboxylic acids is 2. The zero-order chi connectivity index (χ0) is 36.0. The minimum Gasteiger partial charge on any atom is -0.425 e. The Balaban J connectivity index is 5.59. The van der Waals surface area contributed by atoms with E-state index in [0.29, 0.717) is 12.8 Å². The number of rotatable bonds is 24. The molecular weight excluding hydrogens is 661 g/mol. The van der Waals surface area contributed by atoms with Crippen molar-refractivity contribution in [2.75, 3.05) is 20.6 Å². The predicted molar refractivity (Wildman–Crippen MR) is 140 cm³/mol. The zero-order valence-electron chi connectivity index (χ0n) is 25.9. The van der Waals surface area contributed by atoms with Gasteiger partial charge in [0, 0.05) is 12.8 Å². The van der Waals surface area contributed by atoms with Crippen LogP contribution in [-0.2, 0) is 19.1 Å². The fraction of sp³-hybridized carbons (Fsp3) is 0.929. The maximum atomic E-state index is 14.5. The Morgan fingerprint density at radius 1 is 0.543 bits per heavy atom. The summed E-state index contributed by atoms with van der Waals surface area (Å²) in [6.45, 7) is 2.29. The van der Waals surface area contributed by atoms with Crippen molar-refractivity contribution >= 4 is 11.9 Å². The summed E-state index contributed by atoms with van der Waals surface area (Å²) in [4.78, 5) is 25.8. The lowest BCUT2D eigenvalue weighted by Crippen LogP contribution is -2.70. The molecular formula is C28H42F13NO4. The summed E-state index contributed by atoms with van der Waals surface area (Å²) in [6, 6.07) is 0. The molecule has 0 aliphatic rings. The van der Waals surface area contributed by atoms with Gasteiger partial charge >= 0.3 is 47.7 Å². The van der Waals surface area contributed by atoms with Crippen LogP contribution in [0.4, 0.5) is 57.1 Å². The topological polar surface area (TPSA) is 55.8 Å². The Bertz CT molecular complexity index is 912. The third-order valence-corrected chi connectivity index (χ3v) is 6.92. The van der Waals surface area contributed by atoms with Gasteiger partial charge in [0.25, 0.3) is 6.29 Å². The van der Waals surface area contributed by atoms with Gasteiger partial charge in [-0.25, -0.2) is 0 Å². The predicted octanol–water partition coefficient (Wildman–Crippen LogP) is 9.57. The minimum absolute atomic E-state index is 0.0331. The molecule has 0 heterocycles. The summed E-state index contributed by atoms with van der Waals surface area (Å²) in [5.74, 6) is -41.1. The van der Waals surface area contributed by atoms with Crippen molar-refractivity contribution in [1.82, 2.24) is 4.90 Å². The monoisotopic (exact) mass is 703 g/mol. The third kappa shape index (κ3) is 12.5. The van der Waals surface area contributed by atoms with Crippen molar-refractivity contribution in [3.63, 3.8) is 0 Å². The van der Waals surface area contributed by atoms with Crippen molar-refractivity contribution in [3.05, 3.63) is 0 Å². The molecule has 274 valence electrons. The standard InChI is InChI=1S/C28H42F13NO4/c1-4-5-6-7-8-9-10-11-12-13-14-16-20(43)45-22(46-21(44)17-15-18-42(2)3)19-23(29,30)24(31,32)25(33,34)26(35,36)27(37,38)28(39,40)41/h22H,4-19H2,1-3H3. The smallest absolute Gasteiger partial charge is 0.425 e. The highest BCUT2D eigenvalue weighted by molar-refractivity contribution is 5.71. The molecule has 1 unspecified atom stereocenters. The number of carbonyl (C=O) groups is 2. The van der Waals surface area contributed by atoms with Crippen molar-refractivity contribution in [1.29, 1.82) is 0 Å². The molecule has 0 spiro atoms. The van der Waals surface area contributed by atoms with Crippen molar-refractivity contribution in [2.45, 2.75) is 145 Å². The average Bonchev–Trinajstić information content (AvgIpc) is 2.90. The molecule has 46 heavy (non-hydrogen) atoms. The van der Waals surface area contributed by atoms with E-state index in [1.165, 1.54) is 0 Å². The normalized spacial score (nSPS) is 14.5. The van der Waals surface area contributed by atoms with Gasteiger partial charge in [-0.1, -0.05) is 71.1 Å². The van der Waals surface area contributed by atoms with E-state index in [2.05, 4.69) is 16.4 Å². The Hall–Kier alpha value is -2.01. The lowest BCUT2D eigenvalue weighted by Gasteiger charge is -2.40. The van der Waals surface area contributed by atoms with Gasteiger partial charge in [0.05, 0.1) is 6.42 Å². The molecule has 0 amide bonds. The van der Waals surface area contributed by atoms with Crippen LogP contribution in [0.15, 0.2) is 0 Å². The fourth-order valence-electron chi connectivity index (χ4n) is 4.13. The minimum atomic E-state index is -8.07. The molecule has 0 aliphatic heterocycles. The summed E-state index contributed by atoms with van der Waals surface area (Å²) < 4.78 is 184. The number of esters is 2. The second-order valence-electron chi connectivity index (χ2n) is 11.3. The maximum Gasteiger partial charge on any atom is 0.460 e. The molecule has 1 atom stereocenters. The van der Waals surface area contributed by atoms with E-state index in [1.54, 1.807) is 19.0 Å². The average molecular weight is 704 g/mol. The van der Waals surface area contributed by atoms with Crippen LogP contribution in [0.3, 0.4) is 0 Å². The summed E-state index contributed by atoms with van der Waals surface area (Å²) in [7, 11) is 3.12. The summed E-state index contributed by atoms with van der Waals surface area (Å²) in [6.07, 6.45) is -5.44. The molecule has 18 heteroatoms.